The molecule has 0 aromatic heterocycles. The van der Waals surface area contributed by atoms with Crippen molar-refractivity contribution in [1.82, 2.24) is 4.90 Å². The molecule has 0 aliphatic heterocycles. The minimum atomic E-state index is -1.08. The average molecular weight is 345 g/mol. The lowest BCUT2D eigenvalue weighted by molar-refractivity contribution is 0.0827. The van der Waals surface area contributed by atoms with E-state index in [-0.39, 0.29) is 5.91 Å². The van der Waals surface area contributed by atoms with Crippen molar-refractivity contribution in [2.45, 2.75) is 18.4 Å². The molecule has 0 radical (unpaired) electrons. The van der Waals surface area contributed by atoms with Gasteiger partial charge in [0.1, 0.15) is 5.75 Å². The molecule has 0 fully saturated rings. The van der Waals surface area contributed by atoms with Gasteiger partial charge in [0.2, 0.25) is 0 Å². The molecule has 0 bridgehead atoms. The zero-order valence-corrected chi connectivity index (χ0v) is 15.4. The summed E-state index contributed by atoms with van der Waals surface area (Å²) in [5.41, 5.74) is 3.56. The van der Waals surface area contributed by atoms with Crippen LogP contribution in [0.15, 0.2) is 42.5 Å². The van der Waals surface area contributed by atoms with E-state index in [9.17, 15) is 9.00 Å². The average Bonchev–Trinajstić information content (AvgIpc) is 2.54. The summed E-state index contributed by atoms with van der Waals surface area (Å²) in [6.45, 7) is 2.00. The van der Waals surface area contributed by atoms with E-state index in [1.165, 1.54) is 4.90 Å². The number of rotatable bonds is 6. The van der Waals surface area contributed by atoms with Gasteiger partial charge in [0, 0.05) is 41.8 Å². The fraction of sp³-hybridized carbons (Fsp3) is 0.316. The Morgan fingerprint density at radius 1 is 1.12 bits per heavy atom. The zero-order valence-electron chi connectivity index (χ0n) is 14.5. The Bertz CT molecular complexity index is 756. The lowest BCUT2D eigenvalue weighted by Gasteiger charge is -2.12. The SMILES string of the molecule is COc1ccc(C)cc1C[S@](=O)Cc1cccc(C(=O)N(C)C)c1. The number of carbonyl (C=O) groups excluding carboxylic acids is 1. The Balaban J connectivity index is 2.12. The van der Waals surface area contributed by atoms with Crippen LogP contribution >= 0.6 is 0 Å². The summed E-state index contributed by atoms with van der Waals surface area (Å²) in [5, 5.41) is 0. The van der Waals surface area contributed by atoms with Crippen molar-refractivity contribution in [2.24, 2.45) is 0 Å². The molecule has 0 spiro atoms. The minimum absolute atomic E-state index is 0.0528. The number of ether oxygens (including phenoxy) is 1. The molecular formula is C19H23NO3S. The third kappa shape index (κ3) is 4.68. The van der Waals surface area contributed by atoms with Crippen LogP contribution in [-0.2, 0) is 22.3 Å². The van der Waals surface area contributed by atoms with Gasteiger partial charge in [-0.25, -0.2) is 0 Å². The maximum absolute atomic E-state index is 12.5. The molecule has 0 aliphatic rings. The molecule has 0 saturated heterocycles. The van der Waals surface area contributed by atoms with Gasteiger partial charge in [-0.05, 0) is 30.7 Å². The van der Waals surface area contributed by atoms with Gasteiger partial charge in [-0.1, -0.05) is 29.8 Å². The van der Waals surface area contributed by atoms with Crippen molar-refractivity contribution >= 4 is 16.7 Å². The molecule has 2 aromatic rings. The van der Waals surface area contributed by atoms with Crippen LogP contribution in [0.2, 0.25) is 0 Å². The van der Waals surface area contributed by atoms with Crippen molar-refractivity contribution in [3.05, 3.63) is 64.7 Å². The highest BCUT2D eigenvalue weighted by Crippen LogP contribution is 2.22. The third-order valence-electron chi connectivity index (χ3n) is 3.66. The van der Waals surface area contributed by atoms with E-state index in [0.29, 0.717) is 17.1 Å². The number of methoxy groups -OCH3 is 1. The second-order valence-electron chi connectivity index (χ2n) is 5.94. The normalized spacial score (nSPS) is 11.8. The first kappa shape index (κ1) is 18.2. The number of hydrogen-bond acceptors (Lipinski definition) is 3. The van der Waals surface area contributed by atoms with Crippen LogP contribution in [0.3, 0.4) is 0 Å². The third-order valence-corrected chi connectivity index (χ3v) is 4.95. The minimum Gasteiger partial charge on any atom is -0.496 e. The lowest BCUT2D eigenvalue weighted by atomic mass is 10.1. The van der Waals surface area contributed by atoms with Crippen LogP contribution in [0.1, 0.15) is 27.0 Å². The van der Waals surface area contributed by atoms with E-state index in [0.717, 1.165) is 22.4 Å². The first-order valence-corrected chi connectivity index (χ1v) is 9.18. The van der Waals surface area contributed by atoms with E-state index in [1.807, 2.05) is 43.3 Å². The predicted octanol–water partition coefficient (Wildman–Crippen LogP) is 3.15. The Labute approximate surface area is 145 Å². The predicted molar refractivity (Wildman–Crippen MR) is 97.7 cm³/mol. The Morgan fingerprint density at radius 2 is 1.88 bits per heavy atom. The number of carbonyl (C=O) groups is 1. The number of nitrogens with zero attached hydrogens (tertiary/aromatic N) is 1. The highest BCUT2D eigenvalue weighted by atomic mass is 32.2. The molecule has 0 aliphatic carbocycles. The Kier molecular flexibility index (Phi) is 6.15. The van der Waals surface area contributed by atoms with Gasteiger partial charge in [0.05, 0.1) is 12.9 Å². The lowest BCUT2D eigenvalue weighted by Crippen LogP contribution is -2.21. The maximum atomic E-state index is 12.5. The summed E-state index contributed by atoms with van der Waals surface area (Å²) in [6.07, 6.45) is 0. The molecular weight excluding hydrogens is 322 g/mol. The molecule has 0 N–H and O–H groups in total. The van der Waals surface area contributed by atoms with Crippen molar-refractivity contribution in [2.75, 3.05) is 21.2 Å². The molecule has 24 heavy (non-hydrogen) atoms. The van der Waals surface area contributed by atoms with Crippen LogP contribution in [0.5, 0.6) is 5.75 Å². The molecule has 1 atom stereocenters. The van der Waals surface area contributed by atoms with Gasteiger partial charge in [0.15, 0.2) is 0 Å². The molecule has 2 rings (SSSR count). The molecule has 2 aromatic carbocycles. The zero-order chi connectivity index (χ0) is 17.7. The summed E-state index contributed by atoms with van der Waals surface area (Å²) in [4.78, 5) is 13.6. The first-order valence-electron chi connectivity index (χ1n) is 7.70. The van der Waals surface area contributed by atoms with Crippen molar-refractivity contribution < 1.29 is 13.7 Å². The van der Waals surface area contributed by atoms with E-state index in [1.54, 1.807) is 27.3 Å². The van der Waals surface area contributed by atoms with E-state index < -0.39 is 10.8 Å². The smallest absolute Gasteiger partial charge is 0.253 e. The number of hydrogen-bond donors (Lipinski definition) is 0. The summed E-state index contributed by atoms with van der Waals surface area (Å²) in [6, 6.07) is 13.2. The Morgan fingerprint density at radius 3 is 2.54 bits per heavy atom. The van der Waals surface area contributed by atoms with Gasteiger partial charge < -0.3 is 9.64 Å². The highest BCUT2D eigenvalue weighted by Gasteiger charge is 2.11. The van der Waals surface area contributed by atoms with Gasteiger partial charge in [-0.15, -0.1) is 0 Å². The van der Waals surface area contributed by atoms with Crippen LogP contribution in [0.25, 0.3) is 0 Å². The van der Waals surface area contributed by atoms with E-state index >= 15 is 0 Å². The van der Waals surface area contributed by atoms with Gasteiger partial charge in [-0.2, -0.15) is 0 Å². The molecule has 0 unspecified atom stereocenters. The van der Waals surface area contributed by atoms with E-state index in [2.05, 4.69) is 0 Å². The quantitative estimate of drug-likeness (QED) is 0.808. The number of benzene rings is 2. The topological polar surface area (TPSA) is 46.6 Å². The summed E-state index contributed by atoms with van der Waals surface area (Å²) < 4.78 is 17.9. The maximum Gasteiger partial charge on any atom is 0.253 e. The summed E-state index contributed by atoms with van der Waals surface area (Å²) >= 11 is 0. The summed E-state index contributed by atoms with van der Waals surface area (Å²) in [5.74, 6) is 1.54. The molecule has 1 amide bonds. The van der Waals surface area contributed by atoms with E-state index in [4.69, 9.17) is 4.74 Å². The van der Waals surface area contributed by atoms with Crippen LogP contribution in [-0.4, -0.2) is 36.2 Å². The summed E-state index contributed by atoms with van der Waals surface area (Å²) in [7, 11) is 3.98. The number of amides is 1. The second kappa shape index (κ2) is 8.11. The fourth-order valence-electron chi connectivity index (χ4n) is 2.48. The number of aryl methyl sites for hydroxylation is 1. The molecule has 4 nitrogen and oxygen atoms in total. The van der Waals surface area contributed by atoms with Crippen molar-refractivity contribution in [3.8, 4) is 5.75 Å². The molecule has 0 heterocycles. The molecule has 128 valence electrons. The van der Waals surface area contributed by atoms with Crippen molar-refractivity contribution in [3.63, 3.8) is 0 Å². The van der Waals surface area contributed by atoms with Crippen molar-refractivity contribution in [1.29, 1.82) is 0 Å². The Hall–Kier alpha value is -2.14. The highest BCUT2D eigenvalue weighted by molar-refractivity contribution is 7.83. The van der Waals surface area contributed by atoms with Gasteiger partial charge in [-0.3, -0.25) is 9.00 Å². The molecule has 0 saturated carbocycles. The monoisotopic (exact) mass is 345 g/mol. The first-order chi connectivity index (χ1) is 11.4. The molecule has 5 heteroatoms. The largest absolute Gasteiger partial charge is 0.496 e. The second-order valence-corrected chi connectivity index (χ2v) is 7.40. The van der Waals surface area contributed by atoms with Gasteiger partial charge in [0.25, 0.3) is 5.91 Å². The van der Waals surface area contributed by atoms with Crippen LogP contribution in [0, 0.1) is 6.92 Å². The van der Waals surface area contributed by atoms with Crippen LogP contribution < -0.4 is 4.74 Å². The van der Waals surface area contributed by atoms with Crippen LogP contribution in [0.4, 0.5) is 0 Å². The van der Waals surface area contributed by atoms with Gasteiger partial charge >= 0.3 is 0 Å². The standard InChI is InChI=1S/C19H23NO3S/c1-14-8-9-18(23-4)17(10-14)13-24(22)12-15-6-5-7-16(11-15)19(21)20(2)3/h5-11H,12-13H2,1-4H3/t24-/m1/s1. The fourth-order valence-corrected chi connectivity index (χ4v) is 3.71.